The molecule has 0 radical (unpaired) electrons. The molecule has 2 aromatic heterocycles. The van der Waals surface area contributed by atoms with Crippen LogP contribution in [0.3, 0.4) is 0 Å². The van der Waals surface area contributed by atoms with Crippen molar-refractivity contribution in [2.45, 2.75) is 10.2 Å². The zero-order valence-corrected chi connectivity index (χ0v) is 9.19. The van der Waals surface area contributed by atoms with Crippen LogP contribution in [-0.2, 0) is 0 Å². The highest BCUT2D eigenvalue weighted by Gasteiger charge is 2.16. The van der Waals surface area contributed by atoms with Gasteiger partial charge in [-0.3, -0.25) is 0 Å². The molecule has 2 heterocycles. The van der Waals surface area contributed by atoms with Crippen molar-refractivity contribution < 1.29 is 14.3 Å². The number of aromatic nitrogens is 3. The molecule has 0 aliphatic carbocycles. The van der Waals surface area contributed by atoms with Crippen molar-refractivity contribution in [1.29, 1.82) is 0 Å². The van der Waals surface area contributed by atoms with Crippen molar-refractivity contribution >= 4 is 17.7 Å². The number of hydrogen-bond acceptors (Lipinski definition) is 5. The molecule has 0 amide bonds. The molecule has 0 aliphatic rings. The highest BCUT2D eigenvalue weighted by Crippen LogP contribution is 2.26. The maximum atomic E-state index is 13.7. The Morgan fingerprint density at radius 2 is 1.94 bits per heavy atom. The fourth-order valence-electron chi connectivity index (χ4n) is 1.09. The van der Waals surface area contributed by atoms with Crippen LogP contribution in [0.25, 0.3) is 0 Å². The van der Waals surface area contributed by atoms with Gasteiger partial charge < -0.3 is 5.11 Å². The van der Waals surface area contributed by atoms with E-state index in [-0.39, 0.29) is 5.03 Å². The summed E-state index contributed by atoms with van der Waals surface area (Å²) in [6, 6.07) is 2.73. The largest absolute Gasteiger partial charge is 0.478 e. The van der Waals surface area contributed by atoms with E-state index in [1.54, 1.807) is 6.07 Å². The summed E-state index contributed by atoms with van der Waals surface area (Å²) in [5.74, 6) is -2.21. The second kappa shape index (κ2) is 4.88. The number of hydrogen-bond donors (Lipinski definition) is 1. The first-order valence-corrected chi connectivity index (χ1v) is 5.33. The molecule has 86 valence electrons. The third-order valence-corrected chi connectivity index (χ3v) is 2.69. The van der Waals surface area contributed by atoms with Gasteiger partial charge in [-0.25, -0.2) is 24.1 Å². The number of carbonyl (C=O) groups is 1. The van der Waals surface area contributed by atoms with E-state index in [0.717, 1.165) is 17.8 Å². The molecule has 0 bridgehead atoms. The number of halogens is 1. The van der Waals surface area contributed by atoms with Crippen molar-refractivity contribution in [3.05, 3.63) is 42.1 Å². The van der Waals surface area contributed by atoms with Crippen LogP contribution in [0.1, 0.15) is 10.4 Å². The molecule has 0 saturated carbocycles. The molecule has 2 rings (SSSR count). The second-order valence-corrected chi connectivity index (χ2v) is 3.87. The van der Waals surface area contributed by atoms with Gasteiger partial charge in [0.15, 0.2) is 11.0 Å². The van der Waals surface area contributed by atoms with Crippen molar-refractivity contribution in [1.82, 2.24) is 15.0 Å². The van der Waals surface area contributed by atoms with Crippen molar-refractivity contribution in [2.75, 3.05) is 0 Å². The minimum Gasteiger partial charge on any atom is -0.478 e. The monoisotopic (exact) mass is 251 g/mol. The summed E-state index contributed by atoms with van der Waals surface area (Å²) in [6.07, 6.45) is 4.25. The fraction of sp³-hybridized carbons (Fsp3) is 0. The van der Waals surface area contributed by atoms with E-state index in [2.05, 4.69) is 15.0 Å². The minimum atomic E-state index is -1.33. The lowest BCUT2D eigenvalue weighted by molar-refractivity contribution is 0.0691. The topological polar surface area (TPSA) is 76.0 Å². The van der Waals surface area contributed by atoms with Gasteiger partial charge in [0.2, 0.25) is 0 Å². The quantitative estimate of drug-likeness (QED) is 0.839. The predicted molar refractivity (Wildman–Crippen MR) is 57.3 cm³/mol. The molecule has 7 heteroatoms. The van der Waals surface area contributed by atoms with E-state index < -0.39 is 17.3 Å². The highest BCUT2D eigenvalue weighted by atomic mass is 32.2. The molecule has 0 saturated heterocycles. The molecule has 0 aliphatic heterocycles. The Hall–Kier alpha value is -2.02. The van der Waals surface area contributed by atoms with Crippen LogP contribution in [0, 0.1) is 5.82 Å². The van der Waals surface area contributed by atoms with Crippen LogP contribution in [0.15, 0.2) is 40.9 Å². The number of rotatable bonds is 3. The Labute approximate surface area is 99.8 Å². The maximum absolute atomic E-state index is 13.7. The van der Waals surface area contributed by atoms with E-state index in [9.17, 15) is 9.18 Å². The first-order valence-electron chi connectivity index (χ1n) is 4.51. The van der Waals surface area contributed by atoms with E-state index in [4.69, 9.17) is 5.11 Å². The Bertz CT molecular complexity index is 551. The number of nitrogens with zero attached hydrogens (tertiary/aromatic N) is 3. The van der Waals surface area contributed by atoms with Gasteiger partial charge >= 0.3 is 5.97 Å². The first kappa shape index (κ1) is 11.5. The number of pyridine rings is 1. The molecule has 0 fully saturated rings. The zero-order chi connectivity index (χ0) is 12.3. The summed E-state index contributed by atoms with van der Waals surface area (Å²) < 4.78 is 13.7. The molecule has 0 spiro atoms. The molecule has 1 N–H and O–H groups in total. The standard InChI is InChI=1S/C10H6FN3O2S/c11-7-6(9(15)16)2-5-12-8(7)17-10-13-3-1-4-14-10/h1-5H,(H,15,16). The van der Waals surface area contributed by atoms with E-state index in [1.165, 1.54) is 18.6 Å². The van der Waals surface area contributed by atoms with Gasteiger partial charge in [0, 0.05) is 18.6 Å². The second-order valence-electron chi connectivity index (χ2n) is 2.92. The van der Waals surface area contributed by atoms with Gasteiger partial charge in [0.1, 0.15) is 5.03 Å². The van der Waals surface area contributed by atoms with E-state index in [1.807, 2.05) is 0 Å². The summed E-state index contributed by atoms with van der Waals surface area (Å²) in [4.78, 5) is 22.3. The normalized spacial score (nSPS) is 10.2. The van der Waals surface area contributed by atoms with Gasteiger partial charge in [-0.15, -0.1) is 0 Å². The Kier molecular flexibility index (Phi) is 3.29. The number of aromatic carboxylic acids is 1. The lowest BCUT2D eigenvalue weighted by Crippen LogP contribution is -2.03. The summed E-state index contributed by atoms with van der Waals surface area (Å²) >= 11 is 0.874. The lowest BCUT2D eigenvalue weighted by atomic mass is 10.3. The molecule has 0 unspecified atom stereocenters. The third kappa shape index (κ3) is 2.56. The van der Waals surface area contributed by atoms with Gasteiger partial charge in [0.25, 0.3) is 0 Å². The summed E-state index contributed by atoms with van der Waals surface area (Å²) in [6.45, 7) is 0. The third-order valence-electron chi connectivity index (χ3n) is 1.82. The first-order chi connectivity index (χ1) is 8.18. The molecular formula is C10H6FN3O2S. The van der Waals surface area contributed by atoms with Crippen molar-refractivity contribution in [3.63, 3.8) is 0 Å². The minimum absolute atomic E-state index is 0.0592. The Balaban J connectivity index is 2.34. The molecule has 0 aromatic carbocycles. The molecule has 17 heavy (non-hydrogen) atoms. The SMILES string of the molecule is O=C(O)c1ccnc(Sc2ncccn2)c1F. The van der Waals surface area contributed by atoms with Gasteiger partial charge in [-0.2, -0.15) is 0 Å². The van der Waals surface area contributed by atoms with Crippen LogP contribution in [-0.4, -0.2) is 26.0 Å². The fourth-order valence-corrected chi connectivity index (χ4v) is 1.80. The predicted octanol–water partition coefficient (Wildman–Crippen LogP) is 1.86. The lowest BCUT2D eigenvalue weighted by Gasteiger charge is -2.02. The molecule has 5 nitrogen and oxygen atoms in total. The van der Waals surface area contributed by atoms with E-state index in [0.29, 0.717) is 5.16 Å². The molecule has 2 aromatic rings. The van der Waals surface area contributed by atoms with Crippen LogP contribution >= 0.6 is 11.8 Å². The Morgan fingerprint density at radius 1 is 1.24 bits per heavy atom. The maximum Gasteiger partial charge on any atom is 0.338 e. The van der Waals surface area contributed by atoms with Crippen LogP contribution in [0.4, 0.5) is 4.39 Å². The zero-order valence-electron chi connectivity index (χ0n) is 8.37. The van der Waals surface area contributed by atoms with Gasteiger partial charge in [-0.05, 0) is 23.9 Å². The number of carboxylic acid groups (broad SMARTS) is 1. The van der Waals surface area contributed by atoms with Crippen LogP contribution < -0.4 is 0 Å². The molecular weight excluding hydrogens is 245 g/mol. The summed E-state index contributed by atoms with van der Waals surface area (Å²) in [5, 5.41) is 9.00. The van der Waals surface area contributed by atoms with Crippen LogP contribution in [0.5, 0.6) is 0 Å². The van der Waals surface area contributed by atoms with Gasteiger partial charge in [-0.1, -0.05) is 0 Å². The van der Waals surface area contributed by atoms with Crippen molar-refractivity contribution in [2.24, 2.45) is 0 Å². The number of carboxylic acids is 1. The smallest absolute Gasteiger partial charge is 0.338 e. The van der Waals surface area contributed by atoms with E-state index >= 15 is 0 Å². The average Bonchev–Trinajstić information content (AvgIpc) is 2.33. The van der Waals surface area contributed by atoms with Gasteiger partial charge in [0.05, 0.1) is 5.56 Å². The highest BCUT2D eigenvalue weighted by molar-refractivity contribution is 7.99. The summed E-state index contributed by atoms with van der Waals surface area (Å²) in [7, 11) is 0. The van der Waals surface area contributed by atoms with Crippen LogP contribution in [0.2, 0.25) is 0 Å². The molecule has 0 atom stereocenters. The van der Waals surface area contributed by atoms with Crippen molar-refractivity contribution in [3.8, 4) is 0 Å². The summed E-state index contributed by atoms with van der Waals surface area (Å²) in [5.41, 5.74) is -0.418. The Morgan fingerprint density at radius 3 is 2.59 bits per heavy atom. The average molecular weight is 251 g/mol.